The number of nitrogens with one attached hydrogen (secondary N) is 1. The van der Waals surface area contributed by atoms with E-state index < -0.39 is 24.5 Å². The van der Waals surface area contributed by atoms with E-state index >= 15 is 0 Å². The van der Waals surface area contributed by atoms with Crippen molar-refractivity contribution in [2.45, 2.75) is 25.3 Å². The molecule has 0 fully saturated rings. The number of rotatable bonds is 8. The lowest BCUT2D eigenvalue weighted by molar-refractivity contribution is -0.141. The van der Waals surface area contributed by atoms with Gasteiger partial charge in [-0.05, 0) is 31.3 Å². The lowest BCUT2D eigenvalue weighted by Crippen LogP contribution is -2.41. The number of nitrogens with zero attached hydrogens (tertiary/aromatic N) is 3. The highest BCUT2D eigenvalue weighted by Gasteiger charge is 2.18. The zero-order valence-electron chi connectivity index (χ0n) is 8.80. The number of carbonyl (C=O) groups is 2. The molecule has 0 aliphatic heterocycles. The summed E-state index contributed by atoms with van der Waals surface area (Å²) in [6.07, 6.45) is 1.64. The second-order valence-electron chi connectivity index (χ2n) is 3.13. The number of azide groups is 1. The van der Waals surface area contributed by atoms with Gasteiger partial charge in [0.25, 0.3) is 0 Å². The summed E-state index contributed by atoms with van der Waals surface area (Å²) in [6.45, 7) is 0.0934. The third kappa shape index (κ3) is 6.63. The number of carbonyl (C=O) groups excluding carboxylic acids is 1. The third-order valence-electron chi connectivity index (χ3n) is 1.86. The average Bonchev–Trinajstić information content (AvgIpc) is 2.25. The number of amides is 1. The van der Waals surface area contributed by atoms with Crippen LogP contribution in [0, 0.1) is 0 Å². The van der Waals surface area contributed by atoms with Crippen molar-refractivity contribution in [3.8, 4) is 0 Å². The van der Waals surface area contributed by atoms with Crippen molar-refractivity contribution in [3.63, 3.8) is 0 Å². The molecule has 1 atom stereocenters. The van der Waals surface area contributed by atoms with Crippen LogP contribution >= 0.6 is 0 Å². The summed E-state index contributed by atoms with van der Waals surface area (Å²) in [4.78, 5) is 24.2. The van der Waals surface area contributed by atoms with Gasteiger partial charge in [-0.25, -0.2) is 4.79 Å². The molecule has 1 unspecified atom stereocenters. The van der Waals surface area contributed by atoms with Crippen LogP contribution in [0.2, 0.25) is 0 Å². The molecule has 0 heterocycles. The summed E-state index contributed by atoms with van der Waals surface area (Å²) in [7, 11) is 0. The number of carboxylic acid groups (broad SMARTS) is 1. The zero-order valence-corrected chi connectivity index (χ0v) is 8.80. The Morgan fingerprint density at radius 3 is 2.69 bits per heavy atom. The minimum absolute atomic E-state index is 0.314. The number of hydrogen-bond donors (Lipinski definition) is 3. The van der Waals surface area contributed by atoms with Gasteiger partial charge in [0.15, 0.2) is 0 Å². The molecule has 0 rings (SSSR count). The second kappa shape index (κ2) is 8.51. The number of carboxylic acids is 1. The summed E-state index contributed by atoms with van der Waals surface area (Å²) in [5, 5.41) is 14.1. The van der Waals surface area contributed by atoms with Crippen molar-refractivity contribution in [1.29, 1.82) is 0 Å². The lowest BCUT2D eigenvalue weighted by atomic mass is 10.1. The predicted molar refractivity (Wildman–Crippen MR) is 56.5 cm³/mol. The van der Waals surface area contributed by atoms with Gasteiger partial charge < -0.3 is 16.2 Å². The fraction of sp³-hybridized carbons (Fsp3) is 0.750. The Hall–Kier alpha value is -1.79. The topological polar surface area (TPSA) is 141 Å². The molecule has 8 heteroatoms. The Morgan fingerprint density at radius 1 is 1.50 bits per heavy atom. The predicted octanol–water partition coefficient (Wildman–Crippen LogP) is -0.00490. The monoisotopic (exact) mass is 229 g/mol. The first kappa shape index (κ1) is 14.2. The molecule has 0 saturated heterocycles. The number of nitrogens with two attached hydrogens (primary N) is 1. The minimum Gasteiger partial charge on any atom is -0.480 e. The second-order valence-corrected chi connectivity index (χ2v) is 3.13. The molecule has 0 aromatic carbocycles. The molecule has 90 valence electrons. The highest BCUT2D eigenvalue weighted by Crippen LogP contribution is 2.00. The quantitative estimate of drug-likeness (QED) is 0.233. The van der Waals surface area contributed by atoms with E-state index in [9.17, 15) is 9.59 Å². The van der Waals surface area contributed by atoms with Gasteiger partial charge in [-0.15, -0.1) is 0 Å². The van der Waals surface area contributed by atoms with E-state index in [4.69, 9.17) is 16.4 Å². The summed E-state index contributed by atoms with van der Waals surface area (Å²) in [5.74, 6) is -1.70. The van der Waals surface area contributed by atoms with E-state index in [0.29, 0.717) is 25.8 Å². The minimum atomic E-state index is -1.11. The van der Waals surface area contributed by atoms with Crippen LogP contribution in [0.5, 0.6) is 0 Å². The molecule has 16 heavy (non-hydrogen) atoms. The molecule has 0 saturated carbocycles. The van der Waals surface area contributed by atoms with Gasteiger partial charge in [0, 0.05) is 4.91 Å². The largest absolute Gasteiger partial charge is 0.480 e. The first-order valence-electron chi connectivity index (χ1n) is 4.85. The molecule has 0 aliphatic carbocycles. The maximum Gasteiger partial charge on any atom is 0.326 e. The Kier molecular flexibility index (Phi) is 7.56. The zero-order chi connectivity index (χ0) is 12.4. The van der Waals surface area contributed by atoms with Crippen LogP contribution in [-0.4, -0.2) is 36.1 Å². The normalized spacial score (nSPS) is 11.3. The van der Waals surface area contributed by atoms with Gasteiger partial charge in [-0.1, -0.05) is 5.11 Å². The van der Waals surface area contributed by atoms with E-state index in [1.165, 1.54) is 0 Å². The summed E-state index contributed by atoms with van der Waals surface area (Å²) < 4.78 is 0. The Bertz CT molecular complexity index is 287. The summed E-state index contributed by atoms with van der Waals surface area (Å²) >= 11 is 0. The lowest BCUT2D eigenvalue weighted by Gasteiger charge is -2.13. The third-order valence-corrected chi connectivity index (χ3v) is 1.86. The van der Waals surface area contributed by atoms with Crippen LogP contribution < -0.4 is 11.1 Å². The van der Waals surface area contributed by atoms with Crippen LogP contribution in [0.4, 0.5) is 0 Å². The highest BCUT2D eigenvalue weighted by molar-refractivity contribution is 5.84. The molecule has 4 N–H and O–H groups in total. The maximum atomic E-state index is 11.1. The number of aliphatic carboxylic acids is 1. The number of hydrogen-bond acceptors (Lipinski definition) is 4. The van der Waals surface area contributed by atoms with Crippen LogP contribution in [0.3, 0.4) is 0 Å². The van der Waals surface area contributed by atoms with Crippen molar-refractivity contribution < 1.29 is 14.7 Å². The molecule has 0 spiro atoms. The molecule has 0 aromatic heterocycles. The Labute approximate surface area is 92.4 Å². The maximum absolute atomic E-state index is 11.1. The fourth-order valence-electron chi connectivity index (χ4n) is 1.09. The molecule has 0 aromatic rings. The smallest absolute Gasteiger partial charge is 0.326 e. The molecule has 8 nitrogen and oxygen atoms in total. The standard InChI is InChI=1S/C8H15N5O3/c9-4-2-1-3-6(8(15)16)12-7(14)5-11-13-10/h6H,1-5,9H2,(H,12,14)(H,15,16). The Balaban J connectivity index is 4.06. The molecule has 0 radical (unpaired) electrons. The summed E-state index contributed by atoms with van der Waals surface area (Å²) in [5.41, 5.74) is 13.2. The average molecular weight is 229 g/mol. The van der Waals surface area contributed by atoms with Gasteiger partial charge in [0.05, 0.1) is 0 Å². The highest BCUT2D eigenvalue weighted by atomic mass is 16.4. The van der Waals surface area contributed by atoms with Crippen LogP contribution in [0.25, 0.3) is 10.4 Å². The van der Waals surface area contributed by atoms with E-state index in [2.05, 4.69) is 15.3 Å². The Morgan fingerprint density at radius 2 is 2.19 bits per heavy atom. The van der Waals surface area contributed by atoms with E-state index in [1.54, 1.807) is 0 Å². The van der Waals surface area contributed by atoms with E-state index in [-0.39, 0.29) is 0 Å². The van der Waals surface area contributed by atoms with Crippen molar-refractivity contribution in [2.75, 3.05) is 13.1 Å². The van der Waals surface area contributed by atoms with Crippen LogP contribution in [-0.2, 0) is 9.59 Å². The van der Waals surface area contributed by atoms with E-state index in [0.717, 1.165) is 0 Å². The molecule has 1 amide bonds. The van der Waals surface area contributed by atoms with Gasteiger partial charge in [-0.2, -0.15) is 0 Å². The van der Waals surface area contributed by atoms with Gasteiger partial charge in [0.2, 0.25) is 5.91 Å². The summed E-state index contributed by atoms with van der Waals surface area (Å²) in [6, 6.07) is -0.951. The number of unbranched alkanes of at least 4 members (excludes halogenated alkanes) is 1. The first-order chi connectivity index (χ1) is 7.61. The molecule has 0 aliphatic rings. The molecular formula is C8H15N5O3. The van der Waals surface area contributed by atoms with Gasteiger partial charge in [0.1, 0.15) is 12.6 Å². The van der Waals surface area contributed by atoms with Crippen molar-refractivity contribution >= 4 is 11.9 Å². The first-order valence-corrected chi connectivity index (χ1v) is 4.85. The van der Waals surface area contributed by atoms with Crippen molar-refractivity contribution in [2.24, 2.45) is 10.8 Å². The van der Waals surface area contributed by atoms with Crippen molar-refractivity contribution in [3.05, 3.63) is 10.4 Å². The van der Waals surface area contributed by atoms with Crippen LogP contribution in [0.1, 0.15) is 19.3 Å². The molecular weight excluding hydrogens is 214 g/mol. The fourth-order valence-corrected chi connectivity index (χ4v) is 1.09. The SMILES string of the molecule is [N-]=[N+]=NCC(=O)NC(CCCCN)C(=O)O. The van der Waals surface area contributed by atoms with E-state index in [1.807, 2.05) is 0 Å². The molecule has 0 bridgehead atoms. The van der Waals surface area contributed by atoms with Gasteiger partial charge >= 0.3 is 5.97 Å². The van der Waals surface area contributed by atoms with Gasteiger partial charge in [-0.3, -0.25) is 4.79 Å². The van der Waals surface area contributed by atoms with Crippen molar-refractivity contribution in [1.82, 2.24) is 5.32 Å². The van der Waals surface area contributed by atoms with Crippen LogP contribution in [0.15, 0.2) is 5.11 Å².